The standard InChI is InChI=1S/C11H11N3O/c1-6-4-3-5-7-8-10(15-9(6)7)11(12)14(2)13-8/h3-5H,12H2,1-2H3. The number of benzene rings is 1. The number of aryl methyl sites for hydroxylation is 2. The number of nitrogens with two attached hydrogens (primary N) is 1. The Labute approximate surface area is 86.3 Å². The molecule has 1 aromatic carbocycles. The molecule has 0 aliphatic rings. The van der Waals surface area contributed by atoms with Crippen LogP contribution in [0, 0.1) is 6.92 Å². The van der Waals surface area contributed by atoms with Crippen molar-refractivity contribution in [3.05, 3.63) is 23.8 Å². The molecule has 0 aliphatic carbocycles. The summed E-state index contributed by atoms with van der Waals surface area (Å²) in [6, 6.07) is 6.01. The zero-order chi connectivity index (χ0) is 10.6. The molecular weight excluding hydrogens is 190 g/mol. The topological polar surface area (TPSA) is 57.0 Å². The zero-order valence-corrected chi connectivity index (χ0v) is 8.61. The van der Waals surface area contributed by atoms with Gasteiger partial charge in [-0.15, -0.1) is 0 Å². The highest BCUT2D eigenvalue weighted by atomic mass is 16.3. The fourth-order valence-electron chi connectivity index (χ4n) is 1.87. The van der Waals surface area contributed by atoms with E-state index >= 15 is 0 Å². The average molecular weight is 201 g/mol. The second-order valence-corrected chi connectivity index (χ2v) is 3.74. The van der Waals surface area contributed by atoms with Gasteiger partial charge in [0, 0.05) is 12.4 Å². The van der Waals surface area contributed by atoms with Gasteiger partial charge in [-0.1, -0.05) is 12.1 Å². The zero-order valence-electron chi connectivity index (χ0n) is 8.61. The smallest absolute Gasteiger partial charge is 0.197 e. The minimum Gasteiger partial charge on any atom is -0.450 e. The van der Waals surface area contributed by atoms with E-state index in [2.05, 4.69) is 5.10 Å². The maximum atomic E-state index is 5.86. The lowest BCUT2D eigenvalue weighted by atomic mass is 10.2. The number of para-hydroxylation sites is 1. The predicted molar refractivity (Wildman–Crippen MR) is 59.6 cm³/mol. The first-order valence-corrected chi connectivity index (χ1v) is 4.79. The number of hydrogen-bond acceptors (Lipinski definition) is 3. The Balaban J connectivity index is 2.60. The van der Waals surface area contributed by atoms with Crippen LogP contribution in [-0.2, 0) is 7.05 Å². The fraction of sp³-hybridized carbons (Fsp3) is 0.182. The first-order valence-electron chi connectivity index (χ1n) is 4.79. The van der Waals surface area contributed by atoms with Crippen LogP contribution in [0.2, 0.25) is 0 Å². The van der Waals surface area contributed by atoms with E-state index in [0.717, 1.165) is 22.0 Å². The molecule has 2 aromatic heterocycles. The summed E-state index contributed by atoms with van der Waals surface area (Å²) < 4.78 is 7.36. The first-order chi connectivity index (χ1) is 7.18. The Kier molecular flexibility index (Phi) is 1.41. The average Bonchev–Trinajstić information content (AvgIpc) is 2.69. The second kappa shape index (κ2) is 2.53. The normalized spacial score (nSPS) is 11.6. The van der Waals surface area contributed by atoms with Crippen LogP contribution in [0.3, 0.4) is 0 Å². The third-order valence-electron chi connectivity index (χ3n) is 2.72. The largest absolute Gasteiger partial charge is 0.450 e. The molecule has 3 aromatic rings. The Bertz CT molecular complexity index is 663. The molecule has 0 spiro atoms. The van der Waals surface area contributed by atoms with Crippen molar-refractivity contribution in [1.29, 1.82) is 0 Å². The summed E-state index contributed by atoms with van der Waals surface area (Å²) in [5.74, 6) is 0.570. The quantitative estimate of drug-likeness (QED) is 0.606. The van der Waals surface area contributed by atoms with Crippen molar-refractivity contribution in [2.45, 2.75) is 6.92 Å². The molecule has 0 radical (unpaired) electrons. The number of nitrogen functional groups attached to an aromatic ring is 1. The van der Waals surface area contributed by atoms with Gasteiger partial charge in [-0.2, -0.15) is 5.10 Å². The Morgan fingerprint density at radius 1 is 1.33 bits per heavy atom. The van der Waals surface area contributed by atoms with Crippen molar-refractivity contribution in [2.24, 2.45) is 7.05 Å². The van der Waals surface area contributed by atoms with Crippen LogP contribution in [0.15, 0.2) is 22.6 Å². The Morgan fingerprint density at radius 2 is 2.13 bits per heavy atom. The van der Waals surface area contributed by atoms with Crippen molar-refractivity contribution in [3.63, 3.8) is 0 Å². The van der Waals surface area contributed by atoms with E-state index in [9.17, 15) is 0 Å². The van der Waals surface area contributed by atoms with Gasteiger partial charge in [-0.05, 0) is 18.6 Å². The Hall–Kier alpha value is -1.97. The van der Waals surface area contributed by atoms with Crippen molar-refractivity contribution in [1.82, 2.24) is 9.78 Å². The summed E-state index contributed by atoms with van der Waals surface area (Å²) in [5, 5.41) is 5.37. The van der Waals surface area contributed by atoms with Gasteiger partial charge < -0.3 is 10.2 Å². The molecule has 2 heterocycles. The van der Waals surface area contributed by atoms with Crippen LogP contribution in [0.4, 0.5) is 5.82 Å². The van der Waals surface area contributed by atoms with Crippen LogP contribution in [0.1, 0.15) is 5.56 Å². The monoisotopic (exact) mass is 201 g/mol. The first kappa shape index (κ1) is 8.35. The van der Waals surface area contributed by atoms with E-state index in [1.165, 1.54) is 0 Å². The molecule has 0 saturated carbocycles. The molecule has 0 bridgehead atoms. The molecule has 0 fully saturated rings. The van der Waals surface area contributed by atoms with Crippen LogP contribution >= 0.6 is 0 Å². The number of anilines is 1. The number of hydrogen-bond donors (Lipinski definition) is 1. The lowest BCUT2D eigenvalue weighted by molar-refractivity contribution is 0.664. The molecule has 0 saturated heterocycles. The van der Waals surface area contributed by atoms with Gasteiger partial charge in [0.2, 0.25) is 0 Å². The van der Waals surface area contributed by atoms with Gasteiger partial charge in [0.15, 0.2) is 11.4 Å². The molecule has 0 atom stereocenters. The molecule has 4 nitrogen and oxygen atoms in total. The van der Waals surface area contributed by atoms with Gasteiger partial charge in [0.25, 0.3) is 0 Å². The van der Waals surface area contributed by atoms with Gasteiger partial charge in [0.05, 0.1) is 0 Å². The summed E-state index contributed by atoms with van der Waals surface area (Å²) in [4.78, 5) is 0. The van der Waals surface area contributed by atoms with E-state index in [1.54, 1.807) is 4.68 Å². The molecule has 2 N–H and O–H groups in total. The number of fused-ring (bicyclic) bond motifs is 3. The summed E-state index contributed by atoms with van der Waals surface area (Å²) in [7, 11) is 1.81. The third-order valence-corrected chi connectivity index (χ3v) is 2.72. The minimum atomic E-state index is 0.570. The van der Waals surface area contributed by atoms with E-state index in [-0.39, 0.29) is 0 Å². The molecule has 76 valence electrons. The minimum absolute atomic E-state index is 0.570. The summed E-state index contributed by atoms with van der Waals surface area (Å²) in [6.45, 7) is 2.01. The highest BCUT2D eigenvalue weighted by Gasteiger charge is 2.15. The van der Waals surface area contributed by atoms with Crippen molar-refractivity contribution < 1.29 is 4.42 Å². The Morgan fingerprint density at radius 3 is 2.93 bits per heavy atom. The summed E-state index contributed by atoms with van der Waals surface area (Å²) in [6.07, 6.45) is 0. The van der Waals surface area contributed by atoms with Crippen LogP contribution in [-0.4, -0.2) is 9.78 Å². The maximum absolute atomic E-state index is 5.86. The second-order valence-electron chi connectivity index (χ2n) is 3.74. The molecule has 3 rings (SSSR count). The number of aromatic nitrogens is 2. The van der Waals surface area contributed by atoms with Crippen LogP contribution < -0.4 is 5.73 Å². The van der Waals surface area contributed by atoms with E-state index in [4.69, 9.17) is 10.2 Å². The summed E-state index contributed by atoms with van der Waals surface area (Å²) in [5.41, 5.74) is 9.36. The molecule has 0 amide bonds. The SMILES string of the molecule is Cc1cccc2c1oc1c(N)n(C)nc12. The van der Waals surface area contributed by atoms with Gasteiger partial charge in [0.1, 0.15) is 11.1 Å². The van der Waals surface area contributed by atoms with E-state index in [0.29, 0.717) is 11.4 Å². The maximum Gasteiger partial charge on any atom is 0.197 e. The number of nitrogens with zero attached hydrogens (tertiary/aromatic N) is 2. The third kappa shape index (κ3) is 0.932. The number of furan rings is 1. The lowest BCUT2D eigenvalue weighted by Crippen LogP contribution is -1.97. The highest BCUT2D eigenvalue weighted by Crippen LogP contribution is 2.32. The summed E-state index contributed by atoms with van der Waals surface area (Å²) >= 11 is 0. The number of rotatable bonds is 0. The fourth-order valence-corrected chi connectivity index (χ4v) is 1.87. The lowest BCUT2D eigenvalue weighted by Gasteiger charge is -1.94. The van der Waals surface area contributed by atoms with Crippen LogP contribution in [0.25, 0.3) is 22.1 Å². The van der Waals surface area contributed by atoms with Crippen molar-refractivity contribution in [2.75, 3.05) is 5.73 Å². The van der Waals surface area contributed by atoms with E-state index in [1.807, 2.05) is 32.2 Å². The van der Waals surface area contributed by atoms with Crippen LogP contribution in [0.5, 0.6) is 0 Å². The molecular formula is C11H11N3O. The van der Waals surface area contributed by atoms with Gasteiger partial charge in [-0.3, -0.25) is 0 Å². The molecule has 15 heavy (non-hydrogen) atoms. The van der Waals surface area contributed by atoms with Gasteiger partial charge >= 0.3 is 0 Å². The molecule has 0 unspecified atom stereocenters. The molecule has 4 heteroatoms. The highest BCUT2D eigenvalue weighted by molar-refractivity contribution is 6.06. The van der Waals surface area contributed by atoms with Crippen molar-refractivity contribution >= 4 is 27.9 Å². The van der Waals surface area contributed by atoms with Crippen molar-refractivity contribution in [3.8, 4) is 0 Å². The van der Waals surface area contributed by atoms with E-state index < -0.39 is 0 Å². The van der Waals surface area contributed by atoms with Gasteiger partial charge in [-0.25, -0.2) is 4.68 Å². The molecule has 0 aliphatic heterocycles. The predicted octanol–water partition coefficient (Wildman–Crippen LogP) is 2.21.